The number of rotatable bonds is 8. The van der Waals surface area contributed by atoms with Gasteiger partial charge in [-0.2, -0.15) is 0 Å². The van der Waals surface area contributed by atoms with Gasteiger partial charge < -0.3 is 5.11 Å². The summed E-state index contributed by atoms with van der Waals surface area (Å²) in [5.74, 6) is 0. The third-order valence-electron chi connectivity index (χ3n) is 4.98. The van der Waals surface area contributed by atoms with Gasteiger partial charge in [-0.15, -0.1) is 0 Å². The van der Waals surface area contributed by atoms with Gasteiger partial charge in [0.1, 0.15) is 0 Å². The van der Waals surface area contributed by atoms with E-state index in [-0.39, 0.29) is 12.6 Å². The number of aliphatic hydroxyl groups excluding tert-OH is 1. The summed E-state index contributed by atoms with van der Waals surface area (Å²) in [5, 5.41) is 10.2. The van der Waals surface area contributed by atoms with E-state index in [1.807, 2.05) is 6.07 Å². The number of nitrogens with zero attached hydrogens (tertiary/aromatic N) is 1. The Hall–Kier alpha value is -2.42. The molecule has 0 aliphatic carbocycles. The minimum absolute atomic E-state index is 0.0772. The predicted molar refractivity (Wildman–Crippen MR) is 113 cm³/mol. The van der Waals surface area contributed by atoms with E-state index in [9.17, 15) is 5.11 Å². The number of aryl methyl sites for hydroxylation is 2. The number of aliphatic hydroxyl groups is 1. The van der Waals surface area contributed by atoms with E-state index < -0.39 is 0 Å². The van der Waals surface area contributed by atoms with E-state index in [0.29, 0.717) is 0 Å². The largest absolute Gasteiger partial charge is 0.395 e. The maximum Gasteiger partial charge on any atom is 0.0590 e. The minimum Gasteiger partial charge on any atom is -0.395 e. The fourth-order valence-corrected chi connectivity index (χ4v) is 3.60. The lowest BCUT2D eigenvalue weighted by molar-refractivity contribution is 0.109. The van der Waals surface area contributed by atoms with Crippen molar-refractivity contribution in [3.63, 3.8) is 0 Å². The Morgan fingerprint density at radius 1 is 0.704 bits per heavy atom. The first-order valence-electron chi connectivity index (χ1n) is 9.64. The Morgan fingerprint density at radius 3 is 1.70 bits per heavy atom. The second kappa shape index (κ2) is 9.50. The molecule has 0 saturated carbocycles. The third kappa shape index (κ3) is 5.78. The molecule has 0 bridgehead atoms. The summed E-state index contributed by atoms with van der Waals surface area (Å²) >= 11 is 0. The topological polar surface area (TPSA) is 23.5 Å². The van der Waals surface area contributed by atoms with Gasteiger partial charge >= 0.3 is 0 Å². The summed E-state index contributed by atoms with van der Waals surface area (Å²) in [5.41, 5.74) is 6.37. The third-order valence-corrected chi connectivity index (χ3v) is 4.98. The summed E-state index contributed by atoms with van der Waals surface area (Å²) in [6.07, 6.45) is 0.842. The van der Waals surface area contributed by atoms with Crippen LogP contribution in [0.2, 0.25) is 0 Å². The predicted octanol–water partition coefficient (Wildman–Crippen LogP) is 4.91. The van der Waals surface area contributed by atoms with Crippen molar-refractivity contribution >= 4 is 0 Å². The minimum atomic E-state index is 0.0772. The monoisotopic (exact) mass is 359 g/mol. The van der Waals surface area contributed by atoms with Crippen LogP contribution in [0.15, 0.2) is 78.9 Å². The summed E-state index contributed by atoms with van der Waals surface area (Å²) in [4.78, 5) is 2.40. The van der Waals surface area contributed by atoms with Gasteiger partial charge in [0.2, 0.25) is 0 Å². The van der Waals surface area contributed by atoms with Crippen molar-refractivity contribution in [3.05, 3.63) is 107 Å². The average Bonchev–Trinajstić information content (AvgIpc) is 2.66. The standard InChI is InChI=1S/C25H29NO/c1-20-8-6-12-23(14-20)17-26(18-24-13-7-9-21(2)15-24)25(19-27)16-22-10-4-3-5-11-22/h3-15,25,27H,16-19H2,1-2H3/t25-/m0/s1. The zero-order valence-corrected chi connectivity index (χ0v) is 16.3. The van der Waals surface area contributed by atoms with Gasteiger partial charge in [0, 0.05) is 19.1 Å². The molecule has 2 heteroatoms. The highest BCUT2D eigenvalue weighted by molar-refractivity contribution is 5.25. The van der Waals surface area contributed by atoms with Crippen molar-refractivity contribution in [2.45, 2.75) is 39.4 Å². The van der Waals surface area contributed by atoms with Gasteiger partial charge in [-0.05, 0) is 37.0 Å². The molecule has 3 aromatic rings. The Morgan fingerprint density at radius 2 is 1.22 bits per heavy atom. The van der Waals surface area contributed by atoms with Crippen LogP contribution in [0, 0.1) is 13.8 Å². The van der Waals surface area contributed by atoms with Crippen LogP contribution >= 0.6 is 0 Å². The molecule has 3 aromatic carbocycles. The molecule has 0 aliphatic heterocycles. The van der Waals surface area contributed by atoms with E-state index in [2.05, 4.69) is 91.5 Å². The van der Waals surface area contributed by atoms with Crippen LogP contribution in [0.25, 0.3) is 0 Å². The van der Waals surface area contributed by atoms with Gasteiger partial charge in [-0.25, -0.2) is 0 Å². The molecule has 0 spiro atoms. The molecular formula is C25H29NO. The quantitative estimate of drug-likeness (QED) is 0.618. The summed E-state index contributed by atoms with van der Waals surface area (Å²) in [7, 11) is 0. The first-order valence-corrected chi connectivity index (χ1v) is 9.64. The average molecular weight is 360 g/mol. The summed E-state index contributed by atoms with van der Waals surface area (Å²) in [6.45, 7) is 6.05. The second-order valence-electron chi connectivity index (χ2n) is 7.41. The molecule has 1 N–H and O–H groups in total. The van der Waals surface area contributed by atoms with Crippen molar-refractivity contribution in [2.75, 3.05) is 6.61 Å². The van der Waals surface area contributed by atoms with E-state index in [4.69, 9.17) is 0 Å². The highest BCUT2D eigenvalue weighted by Crippen LogP contribution is 2.18. The molecule has 0 aromatic heterocycles. The highest BCUT2D eigenvalue weighted by atomic mass is 16.3. The molecule has 0 amide bonds. The van der Waals surface area contributed by atoms with E-state index in [1.165, 1.54) is 27.8 Å². The number of hydrogen-bond acceptors (Lipinski definition) is 2. The molecule has 0 unspecified atom stereocenters. The van der Waals surface area contributed by atoms with Crippen LogP contribution in [-0.2, 0) is 19.5 Å². The van der Waals surface area contributed by atoms with Crippen molar-refractivity contribution < 1.29 is 5.11 Å². The normalized spacial score (nSPS) is 12.3. The number of benzene rings is 3. The van der Waals surface area contributed by atoms with Crippen LogP contribution in [0.3, 0.4) is 0 Å². The van der Waals surface area contributed by atoms with Crippen LogP contribution in [0.1, 0.15) is 27.8 Å². The molecule has 0 heterocycles. The maximum absolute atomic E-state index is 10.2. The smallest absolute Gasteiger partial charge is 0.0590 e. The molecule has 2 nitrogen and oxygen atoms in total. The lowest BCUT2D eigenvalue weighted by atomic mass is 10.0. The van der Waals surface area contributed by atoms with Gasteiger partial charge in [0.05, 0.1) is 6.61 Å². The molecule has 27 heavy (non-hydrogen) atoms. The van der Waals surface area contributed by atoms with Crippen molar-refractivity contribution in [2.24, 2.45) is 0 Å². The first-order chi connectivity index (χ1) is 13.1. The second-order valence-corrected chi connectivity index (χ2v) is 7.41. The summed E-state index contributed by atoms with van der Waals surface area (Å²) in [6, 6.07) is 27.8. The van der Waals surface area contributed by atoms with Crippen LogP contribution in [-0.4, -0.2) is 22.7 Å². The molecule has 0 saturated heterocycles. The maximum atomic E-state index is 10.2. The van der Waals surface area contributed by atoms with Gasteiger partial charge in [-0.1, -0.05) is 90.0 Å². The Kier molecular flexibility index (Phi) is 6.80. The lowest BCUT2D eigenvalue weighted by Gasteiger charge is -2.31. The molecule has 0 fully saturated rings. The SMILES string of the molecule is Cc1cccc(CN(Cc2cccc(C)c2)[C@H](CO)Cc2ccccc2)c1. The van der Waals surface area contributed by atoms with E-state index in [1.54, 1.807) is 0 Å². The van der Waals surface area contributed by atoms with Crippen molar-refractivity contribution in [1.82, 2.24) is 4.90 Å². The lowest BCUT2D eigenvalue weighted by Crippen LogP contribution is -2.38. The molecule has 0 aliphatic rings. The van der Waals surface area contributed by atoms with Crippen molar-refractivity contribution in [1.29, 1.82) is 0 Å². The van der Waals surface area contributed by atoms with Crippen LogP contribution in [0.4, 0.5) is 0 Å². The zero-order valence-electron chi connectivity index (χ0n) is 16.3. The fraction of sp³-hybridized carbons (Fsp3) is 0.280. The Bertz CT molecular complexity index is 796. The molecular weight excluding hydrogens is 330 g/mol. The molecule has 3 rings (SSSR count). The number of hydrogen-bond donors (Lipinski definition) is 1. The van der Waals surface area contributed by atoms with Crippen molar-refractivity contribution in [3.8, 4) is 0 Å². The van der Waals surface area contributed by atoms with Crippen LogP contribution in [0.5, 0.6) is 0 Å². The molecule has 140 valence electrons. The van der Waals surface area contributed by atoms with E-state index in [0.717, 1.165) is 19.5 Å². The van der Waals surface area contributed by atoms with Crippen LogP contribution < -0.4 is 0 Å². The van der Waals surface area contributed by atoms with Gasteiger partial charge in [0.15, 0.2) is 0 Å². The Balaban J connectivity index is 1.84. The molecule has 0 radical (unpaired) electrons. The Labute approximate surface area is 163 Å². The van der Waals surface area contributed by atoms with Gasteiger partial charge in [-0.3, -0.25) is 4.90 Å². The summed E-state index contributed by atoms with van der Waals surface area (Å²) < 4.78 is 0. The highest BCUT2D eigenvalue weighted by Gasteiger charge is 2.19. The molecule has 1 atom stereocenters. The van der Waals surface area contributed by atoms with Gasteiger partial charge in [0.25, 0.3) is 0 Å². The zero-order chi connectivity index (χ0) is 19.1. The first kappa shape index (κ1) is 19.3. The fourth-order valence-electron chi connectivity index (χ4n) is 3.60. The van der Waals surface area contributed by atoms with E-state index >= 15 is 0 Å².